The number of rotatable bonds is 2. The van der Waals surface area contributed by atoms with Crippen molar-refractivity contribution >= 4 is 16.1 Å². The fourth-order valence-electron chi connectivity index (χ4n) is 1.72. The van der Waals surface area contributed by atoms with Crippen molar-refractivity contribution in [1.29, 1.82) is 5.26 Å². The van der Waals surface area contributed by atoms with Crippen LogP contribution in [0, 0.1) is 16.7 Å². The molecule has 102 valence electrons. The van der Waals surface area contributed by atoms with E-state index in [1.165, 1.54) is 4.90 Å². The van der Waals surface area contributed by atoms with Gasteiger partial charge in [-0.05, 0) is 20.8 Å². The van der Waals surface area contributed by atoms with E-state index < -0.39 is 32.9 Å². The third kappa shape index (κ3) is 3.85. The molecule has 0 atom stereocenters. The van der Waals surface area contributed by atoms with Gasteiger partial charge >= 0.3 is 6.09 Å². The van der Waals surface area contributed by atoms with Gasteiger partial charge in [0.2, 0.25) is 10.0 Å². The van der Waals surface area contributed by atoms with Crippen LogP contribution in [0.4, 0.5) is 4.79 Å². The summed E-state index contributed by atoms with van der Waals surface area (Å²) in [7, 11) is -3.74. The standard InChI is InChI=1S/C10H17N3O4S/c1-9(2,3)17-8(14)13-5-10(4-11,6-13)7-18(12,15)16/h5-7H2,1-3H3,(H2,12,15,16). The molecule has 0 aromatic heterocycles. The minimum atomic E-state index is -3.74. The summed E-state index contributed by atoms with van der Waals surface area (Å²) in [5.74, 6) is -0.449. The quantitative estimate of drug-likeness (QED) is 0.764. The van der Waals surface area contributed by atoms with Gasteiger partial charge in [-0.1, -0.05) is 0 Å². The maximum Gasteiger partial charge on any atom is 0.410 e. The van der Waals surface area contributed by atoms with Crippen molar-refractivity contribution in [3.8, 4) is 6.07 Å². The number of hydrogen-bond donors (Lipinski definition) is 1. The molecule has 2 N–H and O–H groups in total. The Balaban J connectivity index is 2.62. The SMILES string of the molecule is CC(C)(C)OC(=O)N1CC(C#N)(CS(N)(=O)=O)C1. The summed E-state index contributed by atoms with van der Waals surface area (Å²) in [4.78, 5) is 12.9. The van der Waals surface area contributed by atoms with Crippen molar-refractivity contribution in [1.82, 2.24) is 4.90 Å². The van der Waals surface area contributed by atoms with E-state index in [1.807, 2.05) is 6.07 Å². The molecule has 1 aliphatic rings. The summed E-state index contributed by atoms with van der Waals surface area (Å²) in [5.41, 5.74) is -1.73. The number of hydrogen-bond acceptors (Lipinski definition) is 5. The molecule has 18 heavy (non-hydrogen) atoms. The maximum absolute atomic E-state index is 11.6. The van der Waals surface area contributed by atoms with E-state index in [9.17, 15) is 13.2 Å². The van der Waals surface area contributed by atoms with Gasteiger partial charge in [0.25, 0.3) is 0 Å². The number of likely N-dealkylation sites (tertiary alicyclic amines) is 1. The first-order valence-corrected chi connectivity index (χ1v) is 7.08. The van der Waals surface area contributed by atoms with Gasteiger partial charge in [-0.2, -0.15) is 5.26 Å². The van der Waals surface area contributed by atoms with E-state index in [0.29, 0.717) is 0 Å². The van der Waals surface area contributed by atoms with E-state index in [2.05, 4.69) is 0 Å². The van der Waals surface area contributed by atoms with Crippen LogP contribution < -0.4 is 5.14 Å². The van der Waals surface area contributed by atoms with Crippen molar-refractivity contribution in [3.63, 3.8) is 0 Å². The van der Waals surface area contributed by atoms with Gasteiger partial charge in [0.05, 0.1) is 11.8 Å². The molecule has 8 heteroatoms. The number of amides is 1. The van der Waals surface area contributed by atoms with E-state index in [-0.39, 0.29) is 13.1 Å². The lowest BCUT2D eigenvalue weighted by Gasteiger charge is -2.44. The van der Waals surface area contributed by atoms with E-state index in [4.69, 9.17) is 15.1 Å². The number of primary sulfonamides is 1. The predicted octanol–water partition coefficient (Wildman–Crippen LogP) is 0.0356. The lowest BCUT2D eigenvalue weighted by Crippen LogP contribution is -2.61. The largest absolute Gasteiger partial charge is 0.444 e. The lowest BCUT2D eigenvalue weighted by atomic mass is 9.84. The number of carbonyl (C=O) groups is 1. The maximum atomic E-state index is 11.6. The van der Waals surface area contributed by atoms with Gasteiger partial charge in [-0.3, -0.25) is 0 Å². The van der Waals surface area contributed by atoms with Crippen LogP contribution in [-0.4, -0.2) is 43.9 Å². The Morgan fingerprint density at radius 2 is 2.00 bits per heavy atom. The van der Waals surface area contributed by atoms with Crippen LogP contribution in [-0.2, 0) is 14.8 Å². The molecule has 0 bridgehead atoms. The third-order valence-electron chi connectivity index (χ3n) is 2.35. The topological polar surface area (TPSA) is 113 Å². The highest BCUT2D eigenvalue weighted by molar-refractivity contribution is 7.89. The monoisotopic (exact) mass is 275 g/mol. The molecule has 0 aromatic rings. The zero-order chi connectivity index (χ0) is 14.2. The molecule has 1 heterocycles. The number of ether oxygens (including phenoxy) is 1. The van der Waals surface area contributed by atoms with Crippen LogP contribution in [0.1, 0.15) is 20.8 Å². The van der Waals surface area contributed by atoms with Crippen LogP contribution in [0.3, 0.4) is 0 Å². The second-order valence-corrected chi connectivity index (χ2v) is 7.15. The third-order valence-corrected chi connectivity index (χ3v) is 3.31. The minimum Gasteiger partial charge on any atom is -0.444 e. The van der Waals surface area contributed by atoms with Crippen LogP contribution in [0.5, 0.6) is 0 Å². The molecule has 1 amide bonds. The molecule has 1 fully saturated rings. The average Bonchev–Trinajstić information content (AvgIpc) is 2.05. The molecule has 0 unspecified atom stereocenters. The normalized spacial score (nSPS) is 18.7. The van der Waals surface area contributed by atoms with Gasteiger partial charge < -0.3 is 9.64 Å². The summed E-state index contributed by atoms with van der Waals surface area (Å²) in [5, 5.41) is 13.9. The van der Waals surface area contributed by atoms with Crippen molar-refractivity contribution in [2.24, 2.45) is 10.6 Å². The first kappa shape index (κ1) is 14.7. The lowest BCUT2D eigenvalue weighted by molar-refractivity contribution is -0.0111. The summed E-state index contributed by atoms with van der Waals surface area (Å²) in [6, 6.07) is 1.91. The Labute approximate surface area is 107 Å². The van der Waals surface area contributed by atoms with Gasteiger partial charge in [0.1, 0.15) is 11.0 Å². The first-order chi connectivity index (χ1) is 7.96. The second-order valence-electron chi connectivity index (χ2n) is 5.54. The van der Waals surface area contributed by atoms with Crippen LogP contribution in [0.2, 0.25) is 0 Å². The van der Waals surface area contributed by atoms with E-state index in [1.54, 1.807) is 20.8 Å². The highest BCUT2D eigenvalue weighted by Gasteiger charge is 2.49. The number of nitriles is 1. The molecule has 0 spiro atoms. The van der Waals surface area contributed by atoms with Crippen molar-refractivity contribution in [2.75, 3.05) is 18.8 Å². The number of nitrogens with zero attached hydrogens (tertiary/aromatic N) is 2. The fraction of sp³-hybridized carbons (Fsp3) is 0.800. The molecular weight excluding hydrogens is 258 g/mol. The molecule has 0 aromatic carbocycles. The minimum absolute atomic E-state index is 0.0227. The molecule has 7 nitrogen and oxygen atoms in total. The highest BCUT2D eigenvalue weighted by atomic mass is 32.2. The van der Waals surface area contributed by atoms with Crippen molar-refractivity contribution in [3.05, 3.63) is 0 Å². The summed E-state index contributed by atoms with van der Waals surface area (Å²) < 4.78 is 27.1. The summed E-state index contributed by atoms with van der Waals surface area (Å²) in [6.07, 6.45) is -0.553. The smallest absolute Gasteiger partial charge is 0.410 e. The number of sulfonamides is 1. The first-order valence-electron chi connectivity index (χ1n) is 5.36. The zero-order valence-electron chi connectivity index (χ0n) is 10.6. The van der Waals surface area contributed by atoms with Gasteiger partial charge in [0.15, 0.2) is 0 Å². The zero-order valence-corrected chi connectivity index (χ0v) is 11.5. The molecule has 1 aliphatic heterocycles. The molecule has 0 saturated carbocycles. The molecule has 1 rings (SSSR count). The Bertz CT molecular complexity index is 480. The average molecular weight is 275 g/mol. The molecular formula is C10H17N3O4S. The molecule has 0 aliphatic carbocycles. The number of nitrogens with two attached hydrogens (primary N) is 1. The Morgan fingerprint density at radius 3 is 2.33 bits per heavy atom. The molecule has 0 radical (unpaired) electrons. The summed E-state index contributed by atoms with van der Waals surface area (Å²) >= 11 is 0. The van der Waals surface area contributed by atoms with Gasteiger partial charge in [-0.15, -0.1) is 0 Å². The van der Waals surface area contributed by atoms with Crippen molar-refractivity contribution in [2.45, 2.75) is 26.4 Å². The predicted molar refractivity (Wildman–Crippen MR) is 63.8 cm³/mol. The summed E-state index contributed by atoms with van der Waals surface area (Å²) in [6.45, 7) is 5.23. The Kier molecular flexibility index (Phi) is 3.60. The highest BCUT2D eigenvalue weighted by Crippen LogP contribution is 2.32. The van der Waals surface area contributed by atoms with Gasteiger partial charge in [0, 0.05) is 13.1 Å². The second kappa shape index (κ2) is 4.40. The van der Waals surface area contributed by atoms with Crippen LogP contribution in [0.25, 0.3) is 0 Å². The molecule has 1 saturated heterocycles. The number of carbonyl (C=O) groups excluding carboxylic acids is 1. The Morgan fingerprint density at radius 1 is 1.50 bits per heavy atom. The van der Waals surface area contributed by atoms with Crippen LogP contribution >= 0.6 is 0 Å². The van der Waals surface area contributed by atoms with E-state index in [0.717, 1.165) is 0 Å². The van der Waals surface area contributed by atoms with E-state index >= 15 is 0 Å². The Hall–Kier alpha value is -1.33. The van der Waals surface area contributed by atoms with Gasteiger partial charge in [-0.25, -0.2) is 18.4 Å². The van der Waals surface area contributed by atoms with Crippen LogP contribution in [0.15, 0.2) is 0 Å². The van der Waals surface area contributed by atoms with Crippen molar-refractivity contribution < 1.29 is 17.9 Å². The fourth-order valence-corrected chi connectivity index (χ4v) is 2.74.